The monoisotopic (exact) mass is 395 g/mol. The number of pyridine rings is 1. The number of nitrogens with zero attached hydrogens (tertiary/aromatic N) is 2. The second-order valence-corrected chi connectivity index (χ2v) is 7.02. The highest BCUT2D eigenvalue weighted by atomic mass is 35.5. The largest absolute Gasteiger partial charge is 0.369 e. The molecular weight excluding hydrogens is 370 g/mol. The molecule has 0 saturated carbocycles. The molecule has 1 aliphatic heterocycles. The Bertz CT molecular complexity index is 976. The summed E-state index contributed by atoms with van der Waals surface area (Å²) in [5.41, 5.74) is 3.33. The SMILES string of the molecule is Cl.O=c1ccc2cc(C=CCCN3CCN(c4ccccc4)CC3)ccc2[nH]1. The van der Waals surface area contributed by atoms with Crippen LogP contribution in [0.4, 0.5) is 5.69 Å². The van der Waals surface area contributed by atoms with Crippen LogP contribution in [0, 0.1) is 0 Å². The van der Waals surface area contributed by atoms with Gasteiger partial charge < -0.3 is 9.88 Å². The van der Waals surface area contributed by atoms with Crippen LogP contribution in [0.3, 0.4) is 0 Å². The van der Waals surface area contributed by atoms with Gasteiger partial charge >= 0.3 is 0 Å². The molecule has 1 aliphatic rings. The van der Waals surface area contributed by atoms with E-state index in [0.717, 1.165) is 50.0 Å². The molecule has 0 radical (unpaired) electrons. The number of hydrogen-bond donors (Lipinski definition) is 1. The zero-order valence-electron chi connectivity index (χ0n) is 15.9. The van der Waals surface area contributed by atoms with Crippen LogP contribution in [-0.2, 0) is 0 Å². The minimum Gasteiger partial charge on any atom is -0.369 e. The van der Waals surface area contributed by atoms with Gasteiger partial charge in [-0.2, -0.15) is 0 Å². The van der Waals surface area contributed by atoms with Gasteiger partial charge in [0.05, 0.1) is 0 Å². The molecular formula is C23H26ClN3O. The molecule has 4 rings (SSSR count). The van der Waals surface area contributed by atoms with E-state index in [1.807, 2.05) is 18.2 Å². The minimum atomic E-state index is -0.0573. The zero-order chi connectivity index (χ0) is 18.5. The third-order valence-electron chi connectivity index (χ3n) is 5.16. The third kappa shape index (κ3) is 5.03. The normalized spacial score (nSPS) is 15.1. The Morgan fingerprint density at radius 2 is 1.71 bits per heavy atom. The van der Waals surface area contributed by atoms with Gasteiger partial charge in [-0.1, -0.05) is 36.4 Å². The van der Waals surface area contributed by atoms with Gasteiger partial charge in [0, 0.05) is 50.0 Å². The third-order valence-corrected chi connectivity index (χ3v) is 5.16. The van der Waals surface area contributed by atoms with Crippen molar-refractivity contribution in [2.45, 2.75) is 6.42 Å². The van der Waals surface area contributed by atoms with Gasteiger partial charge in [-0.15, -0.1) is 12.4 Å². The van der Waals surface area contributed by atoms with Crippen LogP contribution in [0.15, 0.2) is 71.5 Å². The number of nitrogens with one attached hydrogen (secondary N) is 1. The molecule has 0 aliphatic carbocycles. The summed E-state index contributed by atoms with van der Waals surface area (Å²) in [7, 11) is 0. The van der Waals surface area contributed by atoms with Gasteiger partial charge in [-0.05, 0) is 47.7 Å². The summed E-state index contributed by atoms with van der Waals surface area (Å²) in [6.45, 7) is 5.52. The van der Waals surface area contributed by atoms with Gasteiger partial charge in [0.15, 0.2) is 0 Å². The van der Waals surface area contributed by atoms with E-state index in [0.29, 0.717) is 0 Å². The summed E-state index contributed by atoms with van der Waals surface area (Å²) >= 11 is 0. The number of H-pyrrole nitrogens is 1. The van der Waals surface area contributed by atoms with Crippen molar-refractivity contribution in [2.24, 2.45) is 0 Å². The summed E-state index contributed by atoms with van der Waals surface area (Å²) in [6, 6.07) is 20.2. The molecule has 1 aromatic heterocycles. The Kier molecular flexibility index (Phi) is 6.90. The molecule has 146 valence electrons. The Morgan fingerprint density at radius 1 is 0.929 bits per heavy atom. The summed E-state index contributed by atoms with van der Waals surface area (Å²) in [5, 5.41) is 1.06. The fourth-order valence-electron chi connectivity index (χ4n) is 3.62. The van der Waals surface area contributed by atoms with Gasteiger partial charge in [-0.25, -0.2) is 0 Å². The minimum absolute atomic E-state index is 0. The molecule has 5 heteroatoms. The molecule has 0 atom stereocenters. The first-order valence-electron chi connectivity index (χ1n) is 9.60. The highest BCUT2D eigenvalue weighted by Crippen LogP contribution is 2.16. The quantitative estimate of drug-likeness (QED) is 0.704. The van der Waals surface area contributed by atoms with Crippen molar-refractivity contribution >= 4 is 35.1 Å². The van der Waals surface area contributed by atoms with Gasteiger partial charge in [0.1, 0.15) is 0 Å². The first-order valence-corrected chi connectivity index (χ1v) is 9.60. The van der Waals surface area contributed by atoms with E-state index >= 15 is 0 Å². The number of fused-ring (bicyclic) bond motifs is 1. The highest BCUT2D eigenvalue weighted by Gasteiger charge is 2.15. The lowest BCUT2D eigenvalue weighted by Crippen LogP contribution is -2.46. The molecule has 0 amide bonds. The Labute approximate surface area is 171 Å². The van der Waals surface area contributed by atoms with Crippen LogP contribution < -0.4 is 10.5 Å². The van der Waals surface area contributed by atoms with E-state index in [1.165, 1.54) is 11.3 Å². The maximum atomic E-state index is 11.4. The molecule has 0 spiro atoms. The highest BCUT2D eigenvalue weighted by molar-refractivity contribution is 5.85. The molecule has 0 unspecified atom stereocenters. The van der Waals surface area contributed by atoms with E-state index in [1.54, 1.807) is 6.07 Å². The molecule has 2 heterocycles. The van der Waals surface area contributed by atoms with Crippen molar-refractivity contribution in [3.63, 3.8) is 0 Å². The Morgan fingerprint density at radius 3 is 2.50 bits per heavy atom. The van der Waals surface area contributed by atoms with Crippen LogP contribution in [0.1, 0.15) is 12.0 Å². The predicted molar refractivity (Wildman–Crippen MR) is 121 cm³/mol. The molecule has 1 saturated heterocycles. The van der Waals surface area contributed by atoms with Gasteiger partial charge in [-0.3, -0.25) is 9.69 Å². The van der Waals surface area contributed by atoms with E-state index in [4.69, 9.17) is 0 Å². The van der Waals surface area contributed by atoms with Gasteiger partial charge in [0.2, 0.25) is 5.56 Å². The lowest BCUT2D eigenvalue weighted by molar-refractivity contribution is 0.263. The fraction of sp³-hybridized carbons (Fsp3) is 0.261. The predicted octanol–water partition coefficient (Wildman–Crippen LogP) is 4.18. The number of rotatable bonds is 5. The number of hydrogen-bond acceptors (Lipinski definition) is 3. The second kappa shape index (κ2) is 9.58. The van der Waals surface area contributed by atoms with Crippen LogP contribution in [0.2, 0.25) is 0 Å². The van der Waals surface area contributed by atoms with Crippen molar-refractivity contribution in [3.8, 4) is 0 Å². The van der Waals surface area contributed by atoms with Gasteiger partial charge in [0.25, 0.3) is 0 Å². The number of aromatic amines is 1. The first kappa shape index (κ1) is 20.2. The molecule has 3 aromatic rings. The zero-order valence-corrected chi connectivity index (χ0v) is 16.7. The molecule has 1 N–H and O–H groups in total. The van der Waals surface area contributed by atoms with Crippen LogP contribution in [0.25, 0.3) is 17.0 Å². The average Bonchev–Trinajstić information content (AvgIpc) is 2.72. The van der Waals surface area contributed by atoms with Crippen molar-refractivity contribution in [1.82, 2.24) is 9.88 Å². The average molecular weight is 396 g/mol. The number of halogens is 1. The van der Waals surface area contributed by atoms with Crippen LogP contribution >= 0.6 is 12.4 Å². The summed E-state index contributed by atoms with van der Waals surface area (Å²) in [6.07, 6.45) is 5.47. The summed E-state index contributed by atoms with van der Waals surface area (Å²) in [5.74, 6) is 0. The maximum absolute atomic E-state index is 11.4. The van der Waals surface area contributed by atoms with Crippen molar-refractivity contribution < 1.29 is 0 Å². The summed E-state index contributed by atoms with van der Waals surface area (Å²) < 4.78 is 0. The second-order valence-electron chi connectivity index (χ2n) is 7.02. The van der Waals surface area contributed by atoms with E-state index in [-0.39, 0.29) is 18.0 Å². The molecule has 4 nitrogen and oxygen atoms in total. The smallest absolute Gasteiger partial charge is 0.248 e. The summed E-state index contributed by atoms with van der Waals surface area (Å²) in [4.78, 5) is 19.2. The Balaban J connectivity index is 0.00000225. The number of aromatic nitrogens is 1. The molecule has 28 heavy (non-hydrogen) atoms. The van der Waals surface area contributed by atoms with E-state index in [2.05, 4.69) is 63.3 Å². The lowest BCUT2D eigenvalue weighted by Gasteiger charge is -2.36. The molecule has 1 fully saturated rings. The van der Waals surface area contributed by atoms with E-state index < -0.39 is 0 Å². The molecule has 2 aromatic carbocycles. The number of piperazine rings is 1. The van der Waals surface area contributed by atoms with Crippen LogP contribution in [-0.4, -0.2) is 42.6 Å². The molecule has 0 bridgehead atoms. The topological polar surface area (TPSA) is 39.3 Å². The maximum Gasteiger partial charge on any atom is 0.248 e. The van der Waals surface area contributed by atoms with Crippen molar-refractivity contribution in [2.75, 3.05) is 37.6 Å². The number of anilines is 1. The Hall–Kier alpha value is -2.56. The lowest BCUT2D eigenvalue weighted by atomic mass is 10.1. The number of benzene rings is 2. The standard InChI is InChI=1S/C23H25N3O.ClH/c27-23-12-10-20-18-19(9-11-22(20)24-23)6-4-5-13-25-14-16-26(17-15-25)21-7-2-1-3-8-21;/h1-4,6-12,18H,5,13-17H2,(H,24,27);1H. The van der Waals surface area contributed by atoms with Crippen molar-refractivity contribution in [1.29, 1.82) is 0 Å². The van der Waals surface area contributed by atoms with E-state index in [9.17, 15) is 4.79 Å². The first-order chi connectivity index (χ1) is 13.3. The number of para-hydroxylation sites is 1. The van der Waals surface area contributed by atoms with Crippen LogP contribution in [0.5, 0.6) is 0 Å². The fourth-order valence-corrected chi connectivity index (χ4v) is 3.62. The van der Waals surface area contributed by atoms with Crippen molar-refractivity contribution in [3.05, 3.63) is 82.7 Å².